The van der Waals surface area contributed by atoms with E-state index in [0.29, 0.717) is 17.8 Å². The first-order chi connectivity index (χ1) is 11.1. The number of halogens is 1. The molecule has 0 atom stereocenters. The molecule has 0 aliphatic rings. The van der Waals surface area contributed by atoms with Crippen LogP contribution in [0.5, 0.6) is 11.8 Å². The molecule has 3 rings (SSSR count). The fourth-order valence-corrected chi connectivity index (χ4v) is 2.52. The summed E-state index contributed by atoms with van der Waals surface area (Å²) in [5.74, 6) is -0.183. The quantitative estimate of drug-likeness (QED) is 0.754. The highest BCUT2D eigenvalue weighted by atomic mass is 19.1. The summed E-state index contributed by atoms with van der Waals surface area (Å²) in [4.78, 5) is 4.31. The first-order valence-corrected chi connectivity index (χ1v) is 7.42. The van der Waals surface area contributed by atoms with Crippen molar-refractivity contribution in [1.29, 1.82) is 0 Å². The van der Waals surface area contributed by atoms with E-state index in [0.717, 1.165) is 18.4 Å². The Bertz CT molecular complexity index is 778. The van der Waals surface area contributed by atoms with E-state index < -0.39 is 0 Å². The molecule has 0 fully saturated rings. The first-order valence-electron chi connectivity index (χ1n) is 7.42. The van der Waals surface area contributed by atoms with Gasteiger partial charge in [-0.1, -0.05) is 18.2 Å². The largest absolute Gasteiger partial charge is 0.494 e. The van der Waals surface area contributed by atoms with Crippen LogP contribution in [0.4, 0.5) is 4.39 Å². The summed E-state index contributed by atoms with van der Waals surface area (Å²) in [6.07, 6.45) is 3.23. The second-order valence-electron chi connectivity index (χ2n) is 5.34. The molecule has 0 saturated carbocycles. The molecule has 1 aromatic carbocycles. The van der Waals surface area contributed by atoms with Gasteiger partial charge in [0.1, 0.15) is 5.82 Å². The average Bonchev–Trinajstić information content (AvgIpc) is 2.88. The van der Waals surface area contributed by atoms with Gasteiger partial charge in [-0.25, -0.2) is 4.39 Å². The smallest absolute Gasteiger partial charge is 0.193 e. The molecule has 0 aliphatic heterocycles. The van der Waals surface area contributed by atoms with E-state index in [-0.39, 0.29) is 17.6 Å². The highest BCUT2D eigenvalue weighted by Crippen LogP contribution is 2.23. The number of hydrogen-bond donors (Lipinski definition) is 2. The fraction of sp³-hybridized carbons (Fsp3) is 0.167. The van der Waals surface area contributed by atoms with Crippen LogP contribution >= 0.6 is 0 Å². The van der Waals surface area contributed by atoms with Crippen molar-refractivity contribution in [3.63, 3.8) is 0 Å². The third-order valence-corrected chi connectivity index (χ3v) is 3.76. The number of aryl methyl sites for hydroxylation is 1. The molecule has 23 heavy (non-hydrogen) atoms. The van der Waals surface area contributed by atoms with Crippen LogP contribution in [-0.2, 0) is 13.0 Å². The van der Waals surface area contributed by atoms with Crippen molar-refractivity contribution < 1.29 is 14.6 Å². The van der Waals surface area contributed by atoms with Crippen molar-refractivity contribution in [3.8, 4) is 23.0 Å². The molecule has 2 aromatic heterocycles. The summed E-state index contributed by atoms with van der Waals surface area (Å²) in [6.45, 7) is 0.514. The van der Waals surface area contributed by atoms with Gasteiger partial charge in [-0.3, -0.25) is 9.55 Å². The highest BCUT2D eigenvalue weighted by molar-refractivity contribution is 5.59. The van der Waals surface area contributed by atoms with Crippen LogP contribution in [0.15, 0.2) is 54.7 Å². The minimum absolute atomic E-state index is 0.0514. The molecule has 5 heteroatoms. The standard InChI is InChI=1S/C18H17FN2O2/c19-15-6-2-1-5-14(15)16-8-7-13(12-20-16)4-3-11-21-17(22)9-10-18(21)23/h1-2,5-10,12,22-23H,3-4,11H2. The number of aromatic hydroxyl groups is 2. The number of pyridine rings is 1. The van der Waals surface area contributed by atoms with Crippen molar-refractivity contribution in [1.82, 2.24) is 9.55 Å². The molecule has 2 heterocycles. The van der Waals surface area contributed by atoms with Crippen LogP contribution in [0.25, 0.3) is 11.3 Å². The maximum atomic E-state index is 13.7. The number of nitrogens with zero attached hydrogens (tertiary/aromatic N) is 2. The van der Waals surface area contributed by atoms with Crippen molar-refractivity contribution in [3.05, 3.63) is 66.1 Å². The molecular formula is C18H17FN2O2. The van der Waals surface area contributed by atoms with Gasteiger partial charge in [0.05, 0.1) is 5.69 Å². The summed E-state index contributed by atoms with van der Waals surface area (Å²) in [5.41, 5.74) is 2.12. The van der Waals surface area contributed by atoms with E-state index in [1.165, 1.54) is 22.8 Å². The number of hydrogen-bond acceptors (Lipinski definition) is 3. The molecule has 0 unspecified atom stereocenters. The number of benzene rings is 1. The molecule has 0 bridgehead atoms. The van der Waals surface area contributed by atoms with Crippen molar-refractivity contribution >= 4 is 0 Å². The molecule has 0 spiro atoms. The van der Waals surface area contributed by atoms with Crippen LogP contribution in [0, 0.1) is 5.82 Å². The predicted molar refractivity (Wildman–Crippen MR) is 85.7 cm³/mol. The van der Waals surface area contributed by atoms with Crippen molar-refractivity contribution in [2.24, 2.45) is 0 Å². The predicted octanol–water partition coefficient (Wildman–Crippen LogP) is 3.73. The SMILES string of the molecule is Oc1ccc(O)n1CCCc1ccc(-c2ccccc2F)nc1. The van der Waals surface area contributed by atoms with E-state index >= 15 is 0 Å². The van der Waals surface area contributed by atoms with Crippen LogP contribution in [0.1, 0.15) is 12.0 Å². The monoisotopic (exact) mass is 312 g/mol. The lowest BCUT2D eigenvalue weighted by molar-refractivity contribution is 0.364. The van der Waals surface area contributed by atoms with Crippen LogP contribution in [0.3, 0.4) is 0 Å². The van der Waals surface area contributed by atoms with Gasteiger partial charge in [0, 0.05) is 30.4 Å². The average molecular weight is 312 g/mol. The molecule has 0 saturated heterocycles. The van der Waals surface area contributed by atoms with Gasteiger partial charge in [0.2, 0.25) is 0 Å². The van der Waals surface area contributed by atoms with E-state index in [2.05, 4.69) is 4.98 Å². The zero-order chi connectivity index (χ0) is 16.2. The van der Waals surface area contributed by atoms with Crippen LogP contribution < -0.4 is 0 Å². The second kappa shape index (κ2) is 6.52. The molecule has 118 valence electrons. The van der Waals surface area contributed by atoms with Gasteiger partial charge >= 0.3 is 0 Å². The normalized spacial score (nSPS) is 10.8. The van der Waals surface area contributed by atoms with Gasteiger partial charge in [0.15, 0.2) is 11.8 Å². The Labute approximate surface area is 133 Å². The third-order valence-electron chi connectivity index (χ3n) is 3.76. The summed E-state index contributed by atoms with van der Waals surface area (Å²) in [6, 6.07) is 13.2. The fourth-order valence-electron chi connectivity index (χ4n) is 2.52. The molecule has 0 aliphatic carbocycles. The molecule has 0 radical (unpaired) electrons. The Morgan fingerprint density at radius 1 is 0.957 bits per heavy atom. The van der Waals surface area contributed by atoms with Gasteiger partial charge in [-0.2, -0.15) is 0 Å². The molecule has 0 amide bonds. The minimum atomic E-state index is -0.286. The summed E-state index contributed by atoms with van der Waals surface area (Å²) in [5, 5.41) is 19.1. The summed E-state index contributed by atoms with van der Waals surface area (Å²) >= 11 is 0. The minimum Gasteiger partial charge on any atom is -0.494 e. The van der Waals surface area contributed by atoms with E-state index in [1.54, 1.807) is 30.5 Å². The maximum absolute atomic E-state index is 13.7. The maximum Gasteiger partial charge on any atom is 0.193 e. The van der Waals surface area contributed by atoms with Gasteiger partial charge in [-0.15, -0.1) is 0 Å². The van der Waals surface area contributed by atoms with Gasteiger partial charge in [0.25, 0.3) is 0 Å². The Kier molecular flexibility index (Phi) is 4.28. The lowest BCUT2D eigenvalue weighted by Crippen LogP contribution is -1.99. The molecule has 4 nitrogen and oxygen atoms in total. The van der Waals surface area contributed by atoms with Crippen molar-refractivity contribution in [2.45, 2.75) is 19.4 Å². The Morgan fingerprint density at radius 2 is 1.70 bits per heavy atom. The zero-order valence-electron chi connectivity index (χ0n) is 12.5. The van der Waals surface area contributed by atoms with Gasteiger partial charge in [-0.05, 0) is 36.6 Å². The van der Waals surface area contributed by atoms with E-state index in [1.807, 2.05) is 6.07 Å². The first kappa shape index (κ1) is 15.1. The summed E-state index contributed by atoms with van der Waals surface area (Å²) < 4.78 is 15.2. The van der Waals surface area contributed by atoms with Crippen LogP contribution in [0.2, 0.25) is 0 Å². The Balaban J connectivity index is 1.63. The van der Waals surface area contributed by atoms with Gasteiger partial charge < -0.3 is 10.2 Å². The molecule has 3 aromatic rings. The van der Waals surface area contributed by atoms with E-state index in [9.17, 15) is 14.6 Å². The summed E-state index contributed by atoms with van der Waals surface area (Å²) in [7, 11) is 0. The lowest BCUT2D eigenvalue weighted by Gasteiger charge is -2.07. The lowest BCUT2D eigenvalue weighted by atomic mass is 10.1. The zero-order valence-corrected chi connectivity index (χ0v) is 12.5. The second-order valence-corrected chi connectivity index (χ2v) is 5.34. The van der Waals surface area contributed by atoms with E-state index in [4.69, 9.17) is 0 Å². The Hall–Kier alpha value is -2.82. The third kappa shape index (κ3) is 3.34. The number of aromatic nitrogens is 2. The molecule has 2 N–H and O–H groups in total. The molecular weight excluding hydrogens is 295 g/mol. The van der Waals surface area contributed by atoms with Crippen LogP contribution in [-0.4, -0.2) is 19.8 Å². The Morgan fingerprint density at radius 3 is 2.35 bits per heavy atom. The highest BCUT2D eigenvalue weighted by Gasteiger charge is 2.07. The topological polar surface area (TPSA) is 58.3 Å². The van der Waals surface area contributed by atoms with Crippen molar-refractivity contribution in [2.75, 3.05) is 0 Å². The number of rotatable bonds is 5.